The van der Waals surface area contributed by atoms with Gasteiger partial charge in [0.25, 0.3) is 5.91 Å². The number of rotatable bonds is 0. The molecule has 1 fully saturated rings. The number of amides is 1. The maximum Gasteiger partial charge on any atom is 0.256 e. The molecule has 0 spiro atoms. The minimum absolute atomic E-state index is 0.0243. The van der Waals surface area contributed by atoms with Crippen molar-refractivity contribution in [2.45, 2.75) is 25.3 Å². The molecule has 5 rings (SSSR count). The summed E-state index contributed by atoms with van der Waals surface area (Å²) in [4.78, 5) is 19.4. The zero-order valence-corrected chi connectivity index (χ0v) is 15.3. The summed E-state index contributed by atoms with van der Waals surface area (Å²) in [5.74, 6) is 0.964. The number of fused-ring (bicyclic) bond motifs is 5. The number of nitrogens with zero attached hydrogens (tertiary/aromatic N) is 4. The van der Waals surface area contributed by atoms with Crippen molar-refractivity contribution in [1.82, 2.24) is 19.9 Å². The van der Waals surface area contributed by atoms with Crippen LogP contribution in [0.3, 0.4) is 0 Å². The van der Waals surface area contributed by atoms with Gasteiger partial charge < -0.3 is 15.0 Å². The minimum atomic E-state index is -0.274. The molecule has 1 amide bonds. The van der Waals surface area contributed by atoms with E-state index in [1.54, 1.807) is 22.8 Å². The SMILES string of the molecule is O=C1NCCCOc2ccc(F)cc2[C@H]2CCCN2c2ccn3ncc1c3n2. The first kappa shape index (κ1) is 17.0. The van der Waals surface area contributed by atoms with Crippen LogP contribution in [0, 0.1) is 5.82 Å². The molecular formula is C20H20FN5O2. The predicted octanol–water partition coefficient (Wildman–Crippen LogP) is 2.72. The Hall–Kier alpha value is -3.16. The first-order valence-electron chi connectivity index (χ1n) is 9.52. The third kappa shape index (κ3) is 2.85. The van der Waals surface area contributed by atoms with E-state index in [2.05, 4.69) is 15.3 Å². The van der Waals surface area contributed by atoms with Gasteiger partial charge >= 0.3 is 0 Å². The van der Waals surface area contributed by atoms with Crippen molar-refractivity contribution in [3.05, 3.63) is 53.6 Å². The summed E-state index contributed by atoms with van der Waals surface area (Å²) in [5, 5.41) is 7.12. The Morgan fingerprint density at radius 3 is 3.11 bits per heavy atom. The van der Waals surface area contributed by atoms with Crippen molar-refractivity contribution in [2.24, 2.45) is 0 Å². The van der Waals surface area contributed by atoms with Gasteiger partial charge in [-0.25, -0.2) is 13.9 Å². The molecule has 2 bridgehead atoms. The highest BCUT2D eigenvalue weighted by Gasteiger charge is 2.30. The standard InChI is InChI=1S/C20H20FN5O2/c21-13-4-5-17-14(11-13)16-3-1-8-25(16)18-6-9-26-19(24-18)15(12-23-26)20(27)22-7-2-10-28-17/h4-6,9,11-12,16H,1-3,7-8,10H2,(H,22,27)/t16-/m1/s1. The fourth-order valence-corrected chi connectivity index (χ4v) is 4.01. The highest BCUT2D eigenvalue weighted by molar-refractivity contribution is 5.99. The van der Waals surface area contributed by atoms with E-state index in [4.69, 9.17) is 9.72 Å². The van der Waals surface area contributed by atoms with Crippen LogP contribution in [0.4, 0.5) is 10.2 Å². The molecule has 2 aliphatic rings. The maximum absolute atomic E-state index is 14.0. The second-order valence-corrected chi connectivity index (χ2v) is 7.10. The Morgan fingerprint density at radius 2 is 2.18 bits per heavy atom. The molecule has 1 aromatic carbocycles. The van der Waals surface area contributed by atoms with Gasteiger partial charge in [0.2, 0.25) is 0 Å². The molecule has 4 heterocycles. The lowest BCUT2D eigenvalue weighted by Crippen LogP contribution is -2.27. The molecule has 2 aliphatic heterocycles. The lowest BCUT2D eigenvalue weighted by atomic mass is 10.0. The Bertz CT molecular complexity index is 1050. The Labute approximate surface area is 161 Å². The van der Waals surface area contributed by atoms with Gasteiger partial charge in [0.1, 0.15) is 22.9 Å². The average molecular weight is 381 g/mol. The second kappa shape index (κ2) is 6.78. The molecule has 1 saturated heterocycles. The molecule has 144 valence electrons. The fourth-order valence-electron chi connectivity index (χ4n) is 4.01. The van der Waals surface area contributed by atoms with Crippen LogP contribution in [-0.4, -0.2) is 40.2 Å². The summed E-state index contributed by atoms with van der Waals surface area (Å²) in [6.07, 6.45) is 5.85. The van der Waals surface area contributed by atoms with Crippen molar-refractivity contribution in [3.63, 3.8) is 0 Å². The number of aromatic nitrogens is 3. The van der Waals surface area contributed by atoms with Gasteiger partial charge in [-0.3, -0.25) is 4.79 Å². The smallest absolute Gasteiger partial charge is 0.256 e. The summed E-state index contributed by atoms with van der Waals surface area (Å²) in [7, 11) is 0. The average Bonchev–Trinajstić information content (AvgIpc) is 3.34. The zero-order valence-electron chi connectivity index (χ0n) is 15.3. The van der Waals surface area contributed by atoms with Crippen molar-refractivity contribution >= 4 is 17.4 Å². The van der Waals surface area contributed by atoms with E-state index in [0.717, 1.165) is 30.8 Å². The van der Waals surface area contributed by atoms with Crippen molar-refractivity contribution in [1.29, 1.82) is 0 Å². The van der Waals surface area contributed by atoms with Gasteiger partial charge in [-0.1, -0.05) is 0 Å². The van der Waals surface area contributed by atoms with E-state index in [1.165, 1.54) is 12.3 Å². The Balaban J connectivity index is 1.65. The van der Waals surface area contributed by atoms with Crippen LogP contribution in [-0.2, 0) is 0 Å². The number of hydrogen-bond acceptors (Lipinski definition) is 5. The van der Waals surface area contributed by atoms with E-state index in [-0.39, 0.29) is 17.8 Å². The third-order valence-electron chi connectivity index (χ3n) is 5.34. The largest absolute Gasteiger partial charge is 0.493 e. The van der Waals surface area contributed by atoms with Crippen molar-refractivity contribution < 1.29 is 13.9 Å². The summed E-state index contributed by atoms with van der Waals surface area (Å²) in [6.45, 7) is 1.72. The van der Waals surface area contributed by atoms with Gasteiger partial charge in [0.15, 0.2) is 5.65 Å². The number of carbonyl (C=O) groups is 1. The molecule has 28 heavy (non-hydrogen) atoms. The molecular weight excluding hydrogens is 361 g/mol. The van der Waals surface area contributed by atoms with Gasteiger partial charge in [-0.15, -0.1) is 0 Å². The van der Waals surface area contributed by atoms with Crippen LogP contribution in [0.15, 0.2) is 36.7 Å². The topological polar surface area (TPSA) is 71.8 Å². The number of benzene rings is 1. The minimum Gasteiger partial charge on any atom is -0.493 e. The van der Waals surface area contributed by atoms with Gasteiger partial charge in [-0.2, -0.15) is 5.10 Å². The molecule has 0 radical (unpaired) electrons. The Kier molecular flexibility index (Phi) is 4.11. The number of carbonyl (C=O) groups excluding carboxylic acids is 1. The molecule has 2 aromatic heterocycles. The van der Waals surface area contributed by atoms with Gasteiger partial charge in [-0.05, 0) is 43.5 Å². The predicted molar refractivity (Wildman–Crippen MR) is 101 cm³/mol. The van der Waals surface area contributed by atoms with Crippen LogP contribution in [0.1, 0.15) is 41.2 Å². The molecule has 1 N–H and O–H groups in total. The normalized spacial score (nSPS) is 19.7. The third-order valence-corrected chi connectivity index (χ3v) is 5.34. The van der Waals surface area contributed by atoms with Crippen LogP contribution in [0.2, 0.25) is 0 Å². The molecule has 7 nitrogen and oxygen atoms in total. The van der Waals surface area contributed by atoms with E-state index < -0.39 is 0 Å². The Morgan fingerprint density at radius 1 is 1.25 bits per heavy atom. The highest BCUT2D eigenvalue weighted by Crippen LogP contribution is 2.40. The highest BCUT2D eigenvalue weighted by atomic mass is 19.1. The number of ether oxygens (including phenoxy) is 1. The fraction of sp³-hybridized carbons (Fsp3) is 0.350. The molecule has 0 saturated carbocycles. The van der Waals surface area contributed by atoms with Gasteiger partial charge in [0, 0.05) is 24.8 Å². The van der Waals surface area contributed by atoms with E-state index in [9.17, 15) is 9.18 Å². The summed E-state index contributed by atoms with van der Waals surface area (Å²) in [5.41, 5.74) is 1.81. The maximum atomic E-state index is 14.0. The van der Waals surface area contributed by atoms with Crippen LogP contribution < -0.4 is 15.0 Å². The van der Waals surface area contributed by atoms with Crippen LogP contribution in [0.5, 0.6) is 5.75 Å². The molecule has 8 heteroatoms. The summed E-state index contributed by atoms with van der Waals surface area (Å²) >= 11 is 0. The summed E-state index contributed by atoms with van der Waals surface area (Å²) in [6, 6.07) is 6.53. The number of hydrogen-bond donors (Lipinski definition) is 1. The summed E-state index contributed by atoms with van der Waals surface area (Å²) < 4.78 is 21.6. The van der Waals surface area contributed by atoms with Crippen LogP contribution in [0.25, 0.3) is 5.65 Å². The second-order valence-electron chi connectivity index (χ2n) is 7.10. The molecule has 1 atom stereocenters. The van der Waals surface area contributed by atoms with Crippen molar-refractivity contribution in [3.8, 4) is 5.75 Å². The first-order chi connectivity index (χ1) is 13.7. The van der Waals surface area contributed by atoms with Crippen LogP contribution >= 0.6 is 0 Å². The van der Waals surface area contributed by atoms with E-state index >= 15 is 0 Å². The van der Waals surface area contributed by atoms with Gasteiger partial charge in [0.05, 0.1) is 18.8 Å². The lowest BCUT2D eigenvalue weighted by Gasteiger charge is -2.28. The molecule has 3 aromatic rings. The first-order valence-corrected chi connectivity index (χ1v) is 9.52. The lowest BCUT2D eigenvalue weighted by molar-refractivity contribution is 0.0953. The zero-order chi connectivity index (χ0) is 19.1. The van der Waals surface area contributed by atoms with E-state index in [1.807, 2.05) is 6.07 Å². The number of nitrogens with one attached hydrogen (secondary N) is 1. The molecule has 0 aliphatic carbocycles. The number of anilines is 1. The number of halogens is 1. The monoisotopic (exact) mass is 381 g/mol. The van der Waals surface area contributed by atoms with E-state index in [0.29, 0.717) is 36.5 Å². The van der Waals surface area contributed by atoms with Crippen molar-refractivity contribution in [2.75, 3.05) is 24.6 Å². The molecule has 0 unspecified atom stereocenters. The quantitative estimate of drug-likeness (QED) is 0.648.